The molecule has 0 bridgehead atoms. The molecule has 6 nitrogen and oxygen atoms in total. The fraction of sp³-hybridized carbons (Fsp3) is 0.250. The Morgan fingerprint density at radius 2 is 2.14 bits per heavy atom. The van der Waals surface area contributed by atoms with Gasteiger partial charge in [-0.1, -0.05) is 6.07 Å². The average molecular weight is 299 g/mol. The summed E-state index contributed by atoms with van der Waals surface area (Å²) in [5.41, 5.74) is 4.08. The minimum Gasteiger partial charge on any atom is -0.491 e. The SMILES string of the molecule is CC1COc2cc(C(=O)NO)ccc2CN1c1ccncc1. The van der Waals surface area contributed by atoms with Crippen LogP contribution in [0.5, 0.6) is 5.75 Å². The Balaban J connectivity index is 1.93. The lowest BCUT2D eigenvalue weighted by molar-refractivity contribution is 0.0706. The second-order valence-electron chi connectivity index (χ2n) is 5.26. The van der Waals surface area contributed by atoms with Gasteiger partial charge in [0.2, 0.25) is 0 Å². The second kappa shape index (κ2) is 6.03. The van der Waals surface area contributed by atoms with Crippen molar-refractivity contribution in [2.24, 2.45) is 0 Å². The number of aromatic nitrogens is 1. The van der Waals surface area contributed by atoms with Crippen molar-refractivity contribution in [1.29, 1.82) is 0 Å². The van der Waals surface area contributed by atoms with E-state index in [0.717, 1.165) is 11.3 Å². The minimum absolute atomic E-state index is 0.185. The molecule has 22 heavy (non-hydrogen) atoms. The van der Waals surface area contributed by atoms with Crippen LogP contribution in [0.3, 0.4) is 0 Å². The molecule has 6 heteroatoms. The van der Waals surface area contributed by atoms with Crippen LogP contribution < -0.4 is 15.1 Å². The third-order valence-corrected chi connectivity index (χ3v) is 3.78. The molecule has 1 atom stereocenters. The molecule has 3 rings (SSSR count). The second-order valence-corrected chi connectivity index (χ2v) is 5.26. The summed E-state index contributed by atoms with van der Waals surface area (Å²) in [4.78, 5) is 17.8. The van der Waals surface area contributed by atoms with E-state index in [1.165, 1.54) is 0 Å². The molecule has 1 aliphatic rings. The zero-order valence-corrected chi connectivity index (χ0v) is 12.2. The zero-order chi connectivity index (χ0) is 15.5. The number of rotatable bonds is 2. The Labute approximate surface area is 128 Å². The van der Waals surface area contributed by atoms with Gasteiger partial charge in [0, 0.05) is 35.8 Å². The molecule has 1 amide bonds. The molecule has 0 fully saturated rings. The van der Waals surface area contributed by atoms with Gasteiger partial charge < -0.3 is 9.64 Å². The molecule has 2 heterocycles. The van der Waals surface area contributed by atoms with Gasteiger partial charge in [0.15, 0.2) is 0 Å². The van der Waals surface area contributed by atoms with Crippen LogP contribution in [-0.4, -0.2) is 28.7 Å². The molecule has 2 N–H and O–H groups in total. The molecule has 2 aromatic rings. The predicted octanol–water partition coefficient (Wildman–Crippen LogP) is 1.99. The van der Waals surface area contributed by atoms with E-state index >= 15 is 0 Å². The number of carbonyl (C=O) groups is 1. The topological polar surface area (TPSA) is 74.7 Å². The summed E-state index contributed by atoms with van der Waals surface area (Å²) in [6.07, 6.45) is 3.53. The van der Waals surface area contributed by atoms with E-state index in [2.05, 4.69) is 16.8 Å². The van der Waals surface area contributed by atoms with Crippen molar-refractivity contribution in [2.75, 3.05) is 11.5 Å². The van der Waals surface area contributed by atoms with Crippen LogP contribution in [0.4, 0.5) is 5.69 Å². The third kappa shape index (κ3) is 2.73. The quantitative estimate of drug-likeness (QED) is 0.655. The predicted molar refractivity (Wildman–Crippen MR) is 81.1 cm³/mol. The highest BCUT2D eigenvalue weighted by Crippen LogP contribution is 2.29. The number of anilines is 1. The zero-order valence-electron chi connectivity index (χ0n) is 12.2. The Morgan fingerprint density at radius 3 is 2.86 bits per heavy atom. The Kier molecular flexibility index (Phi) is 3.93. The number of hydroxylamine groups is 1. The number of amides is 1. The summed E-state index contributed by atoms with van der Waals surface area (Å²) in [5, 5.41) is 8.73. The van der Waals surface area contributed by atoms with Crippen molar-refractivity contribution in [3.8, 4) is 5.75 Å². The van der Waals surface area contributed by atoms with Crippen LogP contribution in [0, 0.1) is 0 Å². The van der Waals surface area contributed by atoms with E-state index in [0.29, 0.717) is 24.5 Å². The van der Waals surface area contributed by atoms with Crippen molar-refractivity contribution in [3.05, 3.63) is 53.9 Å². The van der Waals surface area contributed by atoms with Gasteiger partial charge >= 0.3 is 0 Å². The maximum atomic E-state index is 11.5. The maximum Gasteiger partial charge on any atom is 0.274 e. The Hall–Kier alpha value is -2.60. The molecule has 0 spiro atoms. The monoisotopic (exact) mass is 299 g/mol. The molecule has 0 aliphatic carbocycles. The smallest absolute Gasteiger partial charge is 0.274 e. The van der Waals surface area contributed by atoms with Gasteiger partial charge in [0.05, 0.1) is 6.04 Å². The lowest BCUT2D eigenvalue weighted by Crippen LogP contribution is -2.34. The summed E-state index contributed by atoms with van der Waals surface area (Å²) in [6, 6.07) is 9.30. The normalized spacial score (nSPS) is 17.2. The molecule has 1 aromatic carbocycles. The summed E-state index contributed by atoms with van der Waals surface area (Å²) >= 11 is 0. The van der Waals surface area contributed by atoms with Crippen LogP contribution in [0.2, 0.25) is 0 Å². The molecule has 1 aliphatic heterocycles. The minimum atomic E-state index is -0.547. The van der Waals surface area contributed by atoms with E-state index < -0.39 is 5.91 Å². The summed E-state index contributed by atoms with van der Waals surface area (Å²) < 4.78 is 5.83. The van der Waals surface area contributed by atoms with Gasteiger partial charge in [-0.15, -0.1) is 0 Å². The van der Waals surface area contributed by atoms with E-state index in [4.69, 9.17) is 9.94 Å². The van der Waals surface area contributed by atoms with Crippen molar-refractivity contribution in [1.82, 2.24) is 10.5 Å². The first-order valence-corrected chi connectivity index (χ1v) is 7.06. The van der Waals surface area contributed by atoms with Gasteiger partial charge in [-0.2, -0.15) is 0 Å². The third-order valence-electron chi connectivity index (χ3n) is 3.78. The number of ether oxygens (including phenoxy) is 1. The van der Waals surface area contributed by atoms with Crippen LogP contribution >= 0.6 is 0 Å². The number of benzene rings is 1. The molecule has 0 saturated heterocycles. The summed E-state index contributed by atoms with van der Waals surface area (Å²) in [7, 11) is 0. The number of fused-ring (bicyclic) bond motifs is 1. The lowest BCUT2D eigenvalue weighted by atomic mass is 10.1. The van der Waals surface area contributed by atoms with Crippen LogP contribution in [0.25, 0.3) is 0 Å². The maximum absolute atomic E-state index is 11.5. The summed E-state index contributed by atoms with van der Waals surface area (Å²) in [6.45, 7) is 3.29. The molecule has 0 saturated carbocycles. The molecule has 1 unspecified atom stereocenters. The van der Waals surface area contributed by atoms with E-state index in [1.807, 2.05) is 18.2 Å². The van der Waals surface area contributed by atoms with Crippen LogP contribution in [0.1, 0.15) is 22.8 Å². The number of nitrogens with one attached hydrogen (secondary N) is 1. The molecule has 114 valence electrons. The number of hydrogen-bond donors (Lipinski definition) is 2. The van der Waals surface area contributed by atoms with E-state index in [1.54, 1.807) is 30.0 Å². The van der Waals surface area contributed by atoms with Crippen molar-refractivity contribution in [2.45, 2.75) is 19.5 Å². The Morgan fingerprint density at radius 1 is 1.36 bits per heavy atom. The van der Waals surface area contributed by atoms with E-state index in [9.17, 15) is 4.79 Å². The molecular formula is C16H17N3O3. The fourth-order valence-corrected chi connectivity index (χ4v) is 2.55. The highest BCUT2D eigenvalue weighted by molar-refractivity contribution is 5.93. The largest absolute Gasteiger partial charge is 0.491 e. The first-order chi connectivity index (χ1) is 10.7. The average Bonchev–Trinajstić information content (AvgIpc) is 2.74. The first-order valence-electron chi connectivity index (χ1n) is 7.06. The van der Waals surface area contributed by atoms with Gasteiger partial charge in [-0.05, 0) is 31.2 Å². The van der Waals surface area contributed by atoms with Gasteiger partial charge in [0.25, 0.3) is 5.91 Å². The van der Waals surface area contributed by atoms with Gasteiger partial charge in [-0.3, -0.25) is 15.0 Å². The summed E-state index contributed by atoms with van der Waals surface area (Å²) in [5.74, 6) is 0.124. The number of nitrogens with zero attached hydrogens (tertiary/aromatic N) is 2. The van der Waals surface area contributed by atoms with Gasteiger partial charge in [-0.25, -0.2) is 5.48 Å². The number of carbonyl (C=O) groups excluding carboxylic acids is 1. The van der Waals surface area contributed by atoms with Gasteiger partial charge in [0.1, 0.15) is 12.4 Å². The van der Waals surface area contributed by atoms with Crippen LogP contribution in [-0.2, 0) is 6.54 Å². The standard InChI is InChI=1S/C16H17N3O3/c1-11-10-22-15-8-12(16(20)18-21)2-3-13(15)9-19(11)14-4-6-17-7-5-14/h2-8,11,21H,9-10H2,1H3,(H,18,20). The van der Waals surface area contributed by atoms with Crippen molar-refractivity contribution in [3.63, 3.8) is 0 Å². The lowest BCUT2D eigenvalue weighted by Gasteiger charge is -2.28. The van der Waals surface area contributed by atoms with Crippen molar-refractivity contribution >= 4 is 11.6 Å². The molecular weight excluding hydrogens is 282 g/mol. The number of pyridine rings is 1. The highest BCUT2D eigenvalue weighted by atomic mass is 16.5. The van der Waals surface area contributed by atoms with E-state index in [-0.39, 0.29) is 6.04 Å². The fourth-order valence-electron chi connectivity index (χ4n) is 2.55. The molecule has 1 aromatic heterocycles. The van der Waals surface area contributed by atoms with Crippen molar-refractivity contribution < 1.29 is 14.7 Å². The number of hydrogen-bond acceptors (Lipinski definition) is 5. The molecule has 0 radical (unpaired) electrons. The first kappa shape index (κ1) is 14.3. The Bertz CT molecular complexity index is 676. The highest BCUT2D eigenvalue weighted by Gasteiger charge is 2.22. The van der Waals surface area contributed by atoms with Crippen LogP contribution in [0.15, 0.2) is 42.7 Å².